The summed E-state index contributed by atoms with van der Waals surface area (Å²) in [6.07, 6.45) is 3.98. The molecule has 1 saturated carbocycles. The van der Waals surface area contributed by atoms with Crippen LogP contribution in [0, 0.1) is 5.82 Å². The molecule has 1 aliphatic rings. The van der Waals surface area contributed by atoms with Crippen molar-refractivity contribution in [1.29, 1.82) is 0 Å². The molecular formula is C35H35BrFN3O4S. The summed E-state index contributed by atoms with van der Waals surface area (Å²) in [5.74, 6) is -1.29. The number of sulfonamides is 1. The molecule has 2 amide bonds. The highest BCUT2D eigenvalue weighted by atomic mass is 79.9. The van der Waals surface area contributed by atoms with Gasteiger partial charge in [0, 0.05) is 23.5 Å². The van der Waals surface area contributed by atoms with Crippen molar-refractivity contribution in [3.63, 3.8) is 0 Å². The Morgan fingerprint density at radius 2 is 1.42 bits per heavy atom. The molecule has 0 bridgehead atoms. The van der Waals surface area contributed by atoms with Gasteiger partial charge in [0.1, 0.15) is 18.4 Å². The van der Waals surface area contributed by atoms with Gasteiger partial charge in [-0.3, -0.25) is 13.9 Å². The molecule has 0 aliphatic heterocycles. The molecular weight excluding hydrogens is 657 g/mol. The second-order valence-electron chi connectivity index (χ2n) is 11.1. The third-order valence-electron chi connectivity index (χ3n) is 7.96. The number of nitrogens with one attached hydrogen (secondary N) is 1. The van der Waals surface area contributed by atoms with Crippen LogP contribution in [0.2, 0.25) is 0 Å². The third kappa shape index (κ3) is 8.38. The van der Waals surface area contributed by atoms with E-state index in [-0.39, 0.29) is 29.8 Å². The molecule has 234 valence electrons. The number of hydrogen-bond donors (Lipinski definition) is 1. The number of halogens is 2. The van der Waals surface area contributed by atoms with E-state index in [9.17, 15) is 22.4 Å². The maximum atomic E-state index is 14.5. The van der Waals surface area contributed by atoms with Gasteiger partial charge in [0.25, 0.3) is 10.0 Å². The van der Waals surface area contributed by atoms with Gasteiger partial charge in [-0.25, -0.2) is 12.8 Å². The molecule has 0 aromatic heterocycles. The lowest BCUT2D eigenvalue weighted by Gasteiger charge is -2.34. The molecule has 45 heavy (non-hydrogen) atoms. The summed E-state index contributed by atoms with van der Waals surface area (Å²) in [6, 6.07) is 28.8. The van der Waals surface area contributed by atoms with Crippen LogP contribution in [0.15, 0.2) is 119 Å². The minimum Gasteiger partial charge on any atom is -0.352 e. The summed E-state index contributed by atoms with van der Waals surface area (Å²) in [4.78, 5) is 29.9. The van der Waals surface area contributed by atoms with E-state index in [0.717, 1.165) is 40.0 Å². The normalized spacial score (nSPS) is 14.1. The van der Waals surface area contributed by atoms with Gasteiger partial charge >= 0.3 is 0 Å². The predicted octanol–water partition coefficient (Wildman–Crippen LogP) is 6.48. The van der Waals surface area contributed by atoms with E-state index in [2.05, 4.69) is 21.2 Å². The van der Waals surface area contributed by atoms with Crippen LogP contribution in [0.25, 0.3) is 0 Å². The zero-order valence-corrected chi connectivity index (χ0v) is 27.1. The van der Waals surface area contributed by atoms with Gasteiger partial charge in [-0.05, 0) is 72.5 Å². The lowest BCUT2D eigenvalue weighted by atomic mass is 10.0. The van der Waals surface area contributed by atoms with Crippen LogP contribution in [0.4, 0.5) is 10.1 Å². The van der Waals surface area contributed by atoms with Crippen molar-refractivity contribution in [3.8, 4) is 0 Å². The van der Waals surface area contributed by atoms with Crippen LogP contribution < -0.4 is 9.62 Å². The first kappa shape index (κ1) is 32.4. The van der Waals surface area contributed by atoms with Gasteiger partial charge < -0.3 is 10.2 Å². The van der Waals surface area contributed by atoms with Gasteiger partial charge in [0.05, 0.1) is 10.6 Å². The van der Waals surface area contributed by atoms with Crippen LogP contribution in [-0.4, -0.2) is 43.8 Å². The van der Waals surface area contributed by atoms with Crippen molar-refractivity contribution in [2.45, 2.75) is 55.6 Å². The number of carbonyl (C=O) groups is 2. The Bertz CT molecular complexity index is 1680. The number of benzene rings is 4. The predicted molar refractivity (Wildman–Crippen MR) is 176 cm³/mol. The molecule has 7 nitrogen and oxygen atoms in total. The first-order chi connectivity index (χ1) is 21.7. The van der Waals surface area contributed by atoms with E-state index in [0.29, 0.717) is 11.3 Å². The molecule has 1 unspecified atom stereocenters. The van der Waals surface area contributed by atoms with Gasteiger partial charge in [0.2, 0.25) is 11.8 Å². The molecule has 0 saturated heterocycles. The Morgan fingerprint density at radius 3 is 2.04 bits per heavy atom. The van der Waals surface area contributed by atoms with Crippen molar-refractivity contribution in [2.24, 2.45) is 0 Å². The molecule has 4 aromatic carbocycles. The topological polar surface area (TPSA) is 86.8 Å². The number of hydrogen-bond acceptors (Lipinski definition) is 4. The Hall–Kier alpha value is -4.02. The van der Waals surface area contributed by atoms with Gasteiger partial charge in [0.15, 0.2) is 0 Å². The summed E-state index contributed by atoms with van der Waals surface area (Å²) in [5.41, 5.74) is 1.76. The van der Waals surface area contributed by atoms with E-state index in [4.69, 9.17) is 0 Å². The summed E-state index contributed by atoms with van der Waals surface area (Å²) in [6.45, 7) is -0.573. The largest absolute Gasteiger partial charge is 0.352 e. The summed E-state index contributed by atoms with van der Waals surface area (Å²) >= 11 is 3.39. The van der Waals surface area contributed by atoms with Gasteiger partial charge in [-0.15, -0.1) is 0 Å². The van der Waals surface area contributed by atoms with Crippen LogP contribution in [0.5, 0.6) is 0 Å². The van der Waals surface area contributed by atoms with Gasteiger partial charge in [-0.1, -0.05) is 89.4 Å². The van der Waals surface area contributed by atoms with E-state index < -0.39 is 34.3 Å². The minimum absolute atomic E-state index is 0.0104. The molecule has 4 aromatic rings. The first-order valence-corrected chi connectivity index (χ1v) is 17.2. The molecule has 10 heteroatoms. The maximum absolute atomic E-state index is 14.5. The second-order valence-corrected chi connectivity index (χ2v) is 13.9. The third-order valence-corrected chi connectivity index (χ3v) is 10.3. The smallest absolute Gasteiger partial charge is 0.264 e. The molecule has 1 N–H and O–H groups in total. The molecule has 1 atom stereocenters. The zero-order chi connectivity index (χ0) is 31.8. The Kier molecular flexibility index (Phi) is 10.7. The SMILES string of the molecule is O=C(NC1CCCC1)C(Cc1ccccc1)N(Cc1ccc(F)cc1)C(=O)CN(c1ccc(Br)cc1)S(=O)(=O)c1ccccc1. The number of anilines is 1. The minimum atomic E-state index is -4.18. The average Bonchev–Trinajstić information content (AvgIpc) is 3.57. The zero-order valence-electron chi connectivity index (χ0n) is 24.7. The summed E-state index contributed by atoms with van der Waals surface area (Å²) in [5, 5.41) is 3.15. The highest BCUT2D eigenvalue weighted by Gasteiger charge is 2.35. The highest BCUT2D eigenvalue weighted by Crippen LogP contribution is 2.27. The number of amides is 2. The number of rotatable bonds is 12. The second kappa shape index (κ2) is 14.8. The average molecular weight is 693 g/mol. The Morgan fingerprint density at radius 1 is 0.822 bits per heavy atom. The van der Waals surface area contributed by atoms with Gasteiger partial charge in [-0.2, -0.15) is 0 Å². The molecule has 5 rings (SSSR count). The van der Waals surface area contributed by atoms with Crippen LogP contribution in [0.1, 0.15) is 36.8 Å². The fourth-order valence-corrected chi connectivity index (χ4v) is 7.26. The lowest BCUT2D eigenvalue weighted by molar-refractivity contribution is -0.140. The summed E-state index contributed by atoms with van der Waals surface area (Å²) in [7, 11) is -4.18. The van der Waals surface area contributed by atoms with Crippen LogP contribution >= 0.6 is 15.9 Å². The molecule has 1 aliphatic carbocycles. The number of nitrogens with zero attached hydrogens (tertiary/aromatic N) is 2. The molecule has 1 fully saturated rings. The van der Waals surface area contributed by atoms with Crippen molar-refractivity contribution < 1.29 is 22.4 Å². The monoisotopic (exact) mass is 691 g/mol. The molecule has 0 spiro atoms. The van der Waals surface area contributed by atoms with E-state index in [1.807, 2.05) is 30.3 Å². The lowest BCUT2D eigenvalue weighted by Crippen LogP contribution is -2.54. The van der Waals surface area contributed by atoms with E-state index in [1.54, 1.807) is 54.6 Å². The molecule has 0 radical (unpaired) electrons. The van der Waals surface area contributed by atoms with E-state index >= 15 is 0 Å². The Balaban J connectivity index is 1.55. The first-order valence-electron chi connectivity index (χ1n) is 14.9. The maximum Gasteiger partial charge on any atom is 0.264 e. The Labute approximate surface area is 272 Å². The van der Waals surface area contributed by atoms with Crippen molar-refractivity contribution in [3.05, 3.63) is 131 Å². The van der Waals surface area contributed by atoms with Crippen molar-refractivity contribution >= 4 is 43.5 Å². The molecule has 0 heterocycles. The van der Waals surface area contributed by atoms with E-state index in [1.165, 1.54) is 29.2 Å². The summed E-state index contributed by atoms with van der Waals surface area (Å²) < 4.78 is 43.7. The fourth-order valence-electron chi connectivity index (χ4n) is 5.56. The van der Waals surface area contributed by atoms with Crippen molar-refractivity contribution in [2.75, 3.05) is 10.8 Å². The van der Waals surface area contributed by atoms with Crippen molar-refractivity contribution in [1.82, 2.24) is 10.2 Å². The standard InChI is InChI=1S/C35H35BrFN3O4S/c36-28-17-21-31(22-18-28)40(45(43,44)32-13-5-2-6-14-32)25-34(41)39(24-27-15-19-29(37)20-16-27)33(23-26-9-3-1-4-10-26)35(42)38-30-11-7-8-12-30/h1-6,9-10,13-22,30,33H,7-8,11-12,23-25H2,(H,38,42). The number of carbonyl (C=O) groups excluding carboxylic acids is 2. The highest BCUT2D eigenvalue weighted by molar-refractivity contribution is 9.10. The quantitative estimate of drug-likeness (QED) is 0.184. The van der Waals surface area contributed by atoms with Crippen LogP contribution in [-0.2, 0) is 32.6 Å². The fraction of sp³-hybridized carbons (Fsp3) is 0.257. The van der Waals surface area contributed by atoms with Crippen LogP contribution in [0.3, 0.4) is 0 Å².